The Morgan fingerprint density at radius 1 is 1.25 bits per heavy atom. The van der Waals surface area contributed by atoms with Crippen LogP contribution >= 0.6 is 11.8 Å². The fourth-order valence-corrected chi connectivity index (χ4v) is 3.50. The number of nitrogens with one attached hydrogen (secondary N) is 1. The normalized spacial score (nSPS) is 16.8. The Labute approximate surface area is 122 Å². The fourth-order valence-electron chi connectivity index (χ4n) is 2.30. The quantitative estimate of drug-likeness (QED) is 0.889. The van der Waals surface area contributed by atoms with Crippen LogP contribution in [0.4, 0.5) is 5.69 Å². The number of thioether (sulfide) groups is 1. The van der Waals surface area contributed by atoms with Gasteiger partial charge in [-0.3, -0.25) is 4.79 Å². The first-order chi connectivity index (χ1) is 9.65. The molecule has 0 bridgehead atoms. The molecule has 1 aliphatic rings. The van der Waals surface area contributed by atoms with Crippen LogP contribution in [0.2, 0.25) is 0 Å². The summed E-state index contributed by atoms with van der Waals surface area (Å²) < 4.78 is 0. The van der Waals surface area contributed by atoms with Crippen molar-refractivity contribution < 1.29 is 9.90 Å². The standard InChI is InChI=1S/C16H15NO2S/c1-10-12(6-4-7-13(10)18)17-16(19)15-9-11-5-2-3-8-14(11)20-15/h2-8,15,18H,9H2,1H3,(H,17,19). The van der Waals surface area contributed by atoms with Gasteiger partial charge in [-0.1, -0.05) is 24.3 Å². The lowest BCUT2D eigenvalue weighted by molar-refractivity contribution is -0.115. The lowest BCUT2D eigenvalue weighted by atomic mass is 10.1. The topological polar surface area (TPSA) is 49.3 Å². The van der Waals surface area contributed by atoms with Crippen LogP contribution in [-0.4, -0.2) is 16.3 Å². The van der Waals surface area contributed by atoms with Gasteiger partial charge in [-0.15, -0.1) is 11.8 Å². The molecule has 1 unspecified atom stereocenters. The molecule has 3 nitrogen and oxygen atoms in total. The predicted molar refractivity (Wildman–Crippen MR) is 81.3 cm³/mol. The van der Waals surface area contributed by atoms with Gasteiger partial charge in [0.15, 0.2) is 0 Å². The van der Waals surface area contributed by atoms with Gasteiger partial charge in [-0.05, 0) is 37.1 Å². The number of anilines is 1. The highest BCUT2D eigenvalue weighted by Gasteiger charge is 2.28. The number of phenolic OH excluding ortho intramolecular Hbond substituents is 1. The van der Waals surface area contributed by atoms with Crippen LogP contribution in [0.25, 0.3) is 0 Å². The minimum Gasteiger partial charge on any atom is -0.508 e. The van der Waals surface area contributed by atoms with E-state index >= 15 is 0 Å². The largest absolute Gasteiger partial charge is 0.508 e. The van der Waals surface area contributed by atoms with Gasteiger partial charge >= 0.3 is 0 Å². The fraction of sp³-hybridized carbons (Fsp3) is 0.188. The van der Waals surface area contributed by atoms with Crippen molar-refractivity contribution in [3.8, 4) is 5.75 Å². The van der Waals surface area contributed by atoms with Gasteiger partial charge in [-0.2, -0.15) is 0 Å². The number of rotatable bonds is 2. The van der Waals surface area contributed by atoms with Gasteiger partial charge in [0.1, 0.15) is 5.75 Å². The summed E-state index contributed by atoms with van der Waals surface area (Å²) in [5.74, 6) is 0.185. The monoisotopic (exact) mass is 285 g/mol. The summed E-state index contributed by atoms with van der Waals surface area (Å²) in [5, 5.41) is 12.5. The first-order valence-corrected chi connectivity index (χ1v) is 7.37. The molecule has 1 atom stereocenters. The first-order valence-electron chi connectivity index (χ1n) is 6.49. The molecule has 1 amide bonds. The molecule has 20 heavy (non-hydrogen) atoms. The maximum Gasteiger partial charge on any atom is 0.238 e. The van der Waals surface area contributed by atoms with Crippen molar-refractivity contribution >= 4 is 23.4 Å². The van der Waals surface area contributed by atoms with E-state index in [2.05, 4.69) is 11.4 Å². The Bertz CT molecular complexity index is 644. The van der Waals surface area contributed by atoms with Crippen LogP contribution in [0.3, 0.4) is 0 Å². The predicted octanol–water partition coefficient (Wildman–Crippen LogP) is 3.36. The van der Waals surface area contributed by atoms with Crippen LogP contribution in [0.1, 0.15) is 11.1 Å². The number of benzene rings is 2. The number of phenols is 1. The van der Waals surface area contributed by atoms with E-state index in [1.165, 1.54) is 10.5 Å². The molecule has 0 fully saturated rings. The second kappa shape index (κ2) is 5.21. The molecule has 1 aliphatic heterocycles. The summed E-state index contributed by atoms with van der Waals surface area (Å²) in [6, 6.07) is 13.3. The highest BCUT2D eigenvalue weighted by atomic mass is 32.2. The number of aromatic hydroxyl groups is 1. The smallest absolute Gasteiger partial charge is 0.238 e. The zero-order valence-corrected chi connectivity index (χ0v) is 11.9. The van der Waals surface area contributed by atoms with Gasteiger partial charge in [0.05, 0.1) is 5.25 Å². The summed E-state index contributed by atoms with van der Waals surface area (Å²) in [5.41, 5.74) is 2.60. The molecule has 0 saturated carbocycles. The van der Waals surface area contributed by atoms with Crippen LogP contribution in [0.15, 0.2) is 47.4 Å². The Morgan fingerprint density at radius 2 is 2.05 bits per heavy atom. The molecule has 0 radical (unpaired) electrons. The summed E-state index contributed by atoms with van der Waals surface area (Å²) in [7, 11) is 0. The van der Waals surface area contributed by atoms with Crippen molar-refractivity contribution in [3.63, 3.8) is 0 Å². The third-order valence-corrected chi connectivity index (χ3v) is 4.82. The van der Waals surface area contributed by atoms with Crippen LogP contribution in [0.5, 0.6) is 5.75 Å². The zero-order chi connectivity index (χ0) is 14.1. The van der Waals surface area contributed by atoms with Crippen LogP contribution in [0, 0.1) is 6.92 Å². The van der Waals surface area contributed by atoms with Gasteiger partial charge in [0.25, 0.3) is 0 Å². The lowest BCUT2D eigenvalue weighted by Crippen LogP contribution is -2.25. The Morgan fingerprint density at radius 3 is 2.85 bits per heavy atom. The first kappa shape index (κ1) is 13.1. The molecule has 0 aliphatic carbocycles. The number of hydrogen-bond acceptors (Lipinski definition) is 3. The molecule has 4 heteroatoms. The van der Waals surface area contributed by atoms with Crippen molar-refractivity contribution in [1.29, 1.82) is 0 Å². The molecule has 2 aromatic carbocycles. The molecule has 0 spiro atoms. The van der Waals surface area contributed by atoms with Crippen LogP contribution < -0.4 is 5.32 Å². The van der Waals surface area contributed by atoms with E-state index in [1.54, 1.807) is 36.9 Å². The van der Waals surface area contributed by atoms with E-state index in [1.807, 2.05) is 18.2 Å². The van der Waals surface area contributed by atoms with Crippen molar-refractivity contribution in [2.24, 2.45) is 0 Å². The molecule has 1 heterocycles. The molecular weight excluding hydrogens is 270 g/mol. The van der Waals surface area contributed by atoms with Gasteiger partial charge < -0.3 is 10.4 Å². The van der Waals surface area contributed by atoms with E-state index < -0.39 is 0 Å². The highest BCUT2D eigenvalue weighted by molar-refractivity contribution is 8.01. The molecule has 0 aromatic heterocycles. The third-order valence-electron chi connectivity index (χ3n) is 3.50. The number of carbonyl (C=O) groups is 1. The maximum atomic E-state index is 12.3. The van der Waals surface area contributed by atoms with Gasteiger partial charge in [-0.25, -0.2) is 0 Å². The van der Waals surface area contributed by atoms with Crippen molar-refractivity contribution in [1.82, 2.24) is 0 Å². The van der Waals surface area contributed by atoms with Crippen LogP contribution in [-0.2, 0) is 11.2 Å². The van der Waals surface area contributed by atoms with E-state index in [-0.39, 0.29) is 16.9 Å². The molecule has 0 saturated heterocycles. The molecule has 2 N–H and O–H groups in total. The minimum absolute atomic E-state index is 0.0140. The van der Waals surface area contributed by atoms with E-state index in [0.717, 1.165) is 6.42 Å². The number of fused-ring (bicyclic) bond motifs is 1. The average molecular weight is 285 g/mol. The molecular formula is C16H15NO2S. The molecule has 3 rings (SSSR count). The van der Waals surface area contributed by atoms with Crippen molar-refractivity contribution in [2.75, 3.05) is 5.32 Å². The number of amides is 1. The Kier molecular flexibility index (Phi) is 3.40. The number of carbonyl (C=O) groups excluding carboxylic acids is 1. The summed E-state index contributed by atoms with van der Waals surface area (Å²) in [6.45, 7) is 1.79. The Balaban J connectivity index is 1.74. The third kappa shape index (κ3) is 2.39. The van der Waals surface area contributed by atoms with Gasteiger partial charge in [0, 0.05) is 16.1 Å². The second-order valence-corrected chi connectivity index (χ2v) is 6.10. The highest BCUT2D eigenvalue weighted by Crippen LogP contribution is 2.37. The summed E-state index contributed by atoms with van der Waals surface area (Å²) >= 11 is 1.60. The van der Waals surface area contributed by atoms with E-state index in [4.69, 9.17) is 0 Å². The SMILES string of the molecule is Cc1c(O)cccc1NC(=O)C1Cc2ccccc2S1. The van der Waals surface area contributed by atoms with Crippen molar-refractivity contribution in [2.45, 2.75) is 23.5 Å². The van der Waals surface area contributed by atoms with Gasteiger partial charge in [0.2, 0.25) is 5.91 Å². The summed E-state index contributed by atoms with van der Waals surface area (Å²) in [6.07, 6.45) is 0.755. The lowest BCUT2D eigenvalue weighted by Gasteiger charge is -2.12. The second-order valence-electron chi connectivity index (χ2n) is 4.86. The van der Waals surface area contributed by atoms with E-state index in [0.29, 0.717) is 11.3 Å². The minimum atomic E-state index is -0.103. The Hall–Kier alpha value is -1.94. The molecule has 102 valence electrons. The average Bonchev–Trinajstić information content (AvgIpc) is 2.88. The number of hydrogen-bond donors (Lipinski definition) is 2. The maximum absolute atomic E-state index is 12.3. The zero-order valence-electron chi connectivity index (χ0n) is 11.1. The van der Waals surface area contributed by atoms with E-state index in [9.17, 15) is 9.90 Å². The molecule has 2 aromatic rings. The summed E-state index contributed by atoms with van der Waals surface area (Å²) in [4.78, 5) is 13.5. The van der Waals surface area contributed by atoms with Crippen molar-refractivity contribution in [3.05, 3.63) is 53.6 Å².